The van der Waals surface area contributed by atoms with Gasteiger partial charge < -0.3 is 0 Å². The van der Waals surface area contributed by atoms with E-state index in [-0.39, 0.29) is 11.8 Å². The normalized spacial score (nSPS) is 18.1. The van der Waals surface area contributed by atoms with Crippen LogP contribution in [0, 0.1) is 23.2 Å². The van der Waals surface area contributed by atoms with Gasteiger partial charge in [0.1, 0.15) is 5.52 Å². The van der Waals surface area contributed by atoms with Gasteiger partial charge in [0.05, 0.1) is 17.1 Å². The summed E-state index contributed by atoms with van der Waals surface area (Å²) in [7, 11) is 0. The smallest absolute Gasteiger partial charge is 0.236 e. The minimum atomic E-state index is 0.0441. The third-order valence-electron chi connectivity index (χ3n) is 5.40. The molecule has 0 aliphatic heterocycles. The first-order valence-electron chi connectivity index (χ1n) is 9.46. The van der Waals surface area contributed by atoms with Crippen molar-refractivity contribution >= 4 is 39.7 Å². The molecule has 29 heavy (non-hydrogen) atoms. The SMILES string of the molecule is C[C@@H]1CC1C(=O)n1c2ccccc2c2nnc(SCc3ccccc3C#N)nc21. The van der Waals surface area contributed by atoms with Crippen LogP contribution in [0.15, 0.2) is 53.7 Å². The van der Waals surface area contributed by atoms with Gasteiger partial charge in [0.25, 0.3) is 0 Å². The summed E-state index contributed by atoms with van der Waals surface area (Å²) in [4.78, 5) is 17.8. The van der Waals surface area contributed by atoms with Gasteiger partial charge in [0, 0.05) is 17.1 Å². The molecule has 2 aromatic carbocycles. The number of carbonyl (C=O) groups is 1. The van der Waals surface area contributed by atoms with Crippen molar-refractivity contribution in [2.45, 2.75) is 24.3 Å². The van der Waals surface area contributed by atoms with Gasteiger partial charge in [0.15, 0.2) is 5.65 Å². The van der Waals surface area contributed by atoms with E-state index < -0.39 is 0 Å². The van der Waals surface area contributed by atoms with Crippen molar-refractivity contribution in [3.8, 4) is 6.07 Å². The Balaban J connectivity index is 1.56. The number of hydrogen-bond donors (Lipinski definition) is 0. The fourth-order valence-electron chi connectivity index (χ4n) is 3.63. The monoisotopic (exact) mass is 399 g/mol. The molecule has 1 aliphatic carbocycles. The standard InChI is InChI=1S/C22H17N5OS/c1-13-10-17(13)21(28)27-18-9-5-4-8-16(18)19-20(27)24-22(26-25-19)29-12-15-7-3-2-6-14(15)11-23/h2-9,13,17H,10,12H2,1H3/t13-,17?/m1/s1. The first-order valence-corrected chi connectivity index (χ1v) is 10.4. The quantitative estimate of drug-likeness (QED) is 0.472. The van der Waals surface area contributed by atoms with Crippen LogP contribution < -0.4 is 0 Å². The molecule has 6 nitrogen and oxygen atoms in total. The zero-order chi connectivity index (χ0) is 20.0. The maximum absolute atomic E-state index is 13.1. The zero-order valence-corrected chi connectivity index (χ0v) is 16.6. The lowest BCUT2D eigenvalue weighted by molar-refractivity contribution is 0.0890. The predicted molar refractivity (Wildman–Crippen MR) is 111 cm³/mol. The Kier molecular flexibility index (Phi) is 4.29. The fourth-order valence-corrected chi connectivity index (χ4v) is 4.42. The molecule has 0 radical (unpaired) electrons. The van der Waals surface area contributed by atoms with Crippen molar-refractivity contribution in [2.24, 2.45) is 11.8 Å². The molecule has 4 aromatic rings. The Bertz CT molecular complexity index is 1310. The van der Waals surface area contributed by atoms with Gasteiger partial charge in [-0.1, -0.05) is 55.1 Å². The lowest BCUT2D eigenvalue weighted by atomic mass is 10.1. The second-order valence-electron chi connectivity index (χ2n) is 7.33. The van der Waals surface area contributed by atoms with Gasteiger partial charge in [-0.25, -0.2) is 4.98 Å². The Morgan fingerprint density at radius 3 is 2.76 bits per heavy atom. The van der Waals surface area contributed by atoms with E-state index in [9.17, 15) is 10.1 Å². The molecule has 1 unspecified atom stereocenters. The van der Waals surface area contributed by atoms with Gasteiger partial charge in [-0.2, -0.15) is 5.26 Å². The highest BCUT2D eigenvalue weighted by Crippen LogP contribution is 2.41. The minimum Gasteiger partial charge on any atom is -0.274 e. The van der Waals surface area contributed by atoms with Gasteiger partial charge in [0.2, 0.25) is 11.1 Å². The lowest BCUT2D eigenvalue weighted by Crippen LogP contribution is -2.14. The maximum atomic E-state index is 13.1. The Hall–Kier alpha value is -3.24. The highest BCUT2D eigenvalue weighted by molar-refractivity contribution is 7.98. The second kappa shape index (κ2) is 6.98. The fraction of sp³-hybridized carbons (Fsp3) is 0.227. The predicted octanol–water partition coefficient (Wildman–Crippen LogP) is 4.44. The molecule has 7 heteroatoms. The van der Waals surface area contributed by atoms with Crippen LogP contribution in [0.2, 0.25) is 0 Å². The molecule has 0 spiro atoms. The van der Waals surface area contributed by atoms with Crippen LogP contribution in [0.4, 0.5) is 0 Å². The summed E-state index contributed by atoms with van der Waals surface area (Å²) in [5, 5.41) is 19.3. The third kappa shape index (κ3) is 3.06. The average molecular weight is 399 g/mol. The summed E-state index contributed by atoms with van der Waals surface area (Å²) in [5.74, 6) is 1.09. The summed E-state index contributed by atoms with van der Waals surface area (Å²) in [6.45, 7) is 2.09. The summed E-state index contributed by atoms with van der Waals surface area (Å²) < 4.78 is 1.71. The molecular weight excluding hydrogens is 382 g/mol. The molecule has 2 atom stereocenters. The third-order valence-corrected chi connectivity index (χ3v) is 6.29. The minimum absolute atomic E-state index is 0.0441. The largest absolute Gasteiger partial charge is 0.274 e. The van der Waals surface area contributed by atoms with Gasteiger partial charge in [-0.05, 0) is 30.0 Å². The summed E-state index contributed by atoms with van der Waals surface area (Å²) in [6, 6.07) is 17.4. The zero-order valence-electron chi connectivity index (χ0n) is 15.7. The Labute approximate surface area is 171 Å². The molecule has 1 aliphatic rings. The molecule has 142 valence electrons. The van der Waals surface area contributed by atoms with Gasteiger partial charge >= 0.3 is 0 Å². The number of nitrogens with zero attached hydrogens (tertiary/aromatic N) is 5. The number of fused-ring (bicyclic) bond motifs is 3. The number of nitriles is 1. The molecule has 0 amide bonds. The average Bonchev–Trinajstić information content (AvgIpc) is 3.40. The number of thioether (sulfide) groups is 1. The number of para-hydroxylation sites is 1. The maximum Gasteiger partial charge on any atom is 0.236 e. The van der Waals surface area contributed by atoms with Crippen molar-refractivity contribution in [1.82, 2.24) is 19.7 Å². The van der Waals surface area contributed by atoms with Gasteiger partial charge in [-0.15, -0.1) is 10.2 Å². The van der Waals surface area contributed by atoms with Crippen LogP contribution in [-0.2, 0) is 5.75 Å². The molecule has 2 aromatic heterocycles. The van der Waals surface area contributed by atoms with Crippen LogP contribution in [0.1, 0.15) is 29.3 Å². The first kappa shape index (κ1) is 17.8. The molecule has 0 N–H and O–H groups in total. The van der Waals surface area contributed by atoms with Crippen molar-refractivity contribution in [1.29, 1.82) is 5.26 Å². The Morgan fingerprint density at radius 2 is 1.97 bits per heavy atom. The van der Waals surface area contributed by atoms with E-state index in [1.165, 1.54) is 11.8 Å². The van der Waals surface area contributed by atoms with Crippen LogP contribution in [-0.4, -0.2) is 25.7 Å². The first-order chi connectivity index (χ1) is 14.2. The van der Waals surface area contributed by atoms with Crippen LogP contribution in [0.3, 0.4) is 0 Å². The van der Waals surface area contributed by atoms with Crippen LogP contribution in [0.25, 0.3) is 22.1 Å². The summed E-state index contributed by atoms with van der Waals surface area (Å²) in [6.07, 6.45) is 0.915. The highest BCUT2D eigenvalue weighted by atomic mass is 32.2. The van der Waals surface area contributed by atoms with E-state index in [0.29, 0.717) is 33.6 Å². The second-order valence-corrected chi connectivity index (χ2v) is 8.28. The van der Waals surface area contributed by atoms with Crippen LogP contribution in [0.5, 0.6) is 0 Å². The van der Waals surface area contributed by atoms with E-state index in [1.807, 2.05) is 42.5 Å². The number of carbonyl (C=O) groups excluding carboxylic acids is 1. The molecule has 2 heterocycles. The summed E-state index contributed by atoms with van der Waals surface area (Å²) in [5.41, 5.74) is 3.59. The Morgan fingerprint density at radius 1 is 1.21 bits per heavy atom. The van der Waals surface area contributed by atoms with E-state index >= 15 is 0 Å². The van der Waals surface area contributed by atoms with Gasteiger partial charge in [-0.3, -0.25) is 9.36 Å². The topological polar surface area (TPSA) is 84.5 Å². The number of benzene rings is 2. The molecule has 0 bridgehead atoms. The van der Waals surface area contributed by atoms with E-state index in [0.717, 1.165) is 22.9 Å². The summed E-state index contributed by atoms with van der Waals surface area (Å²) >= 11 is 1.41. The molecule has 5 rings (SSSR count). The highest BCUT2D eigenvalue weighted by Gasteiger charge is 2.41. The lowest BCUT2D eigenvalue weighted by Gasteiger charge is -2.05. The van der Waals surface area contributed by atoms with Crippen molar-refractivity contribution in [3.05, 3.63) is 59.7 Å². The van der Waals surface area contributed by atoms with E-state index in [4.69, 9.17) is 0 Å². The van der Waals surface area contributed by atoms with E-state index in [2.05, 4.69) is 28.2 Å². The number of aromatic nitrogens is 4. The van der Waals surface area contributed by atoms with Crippen molar-refractivity contribution < 1.29 is 4.79 Å². The molecule has 1 saturated carbocycles. The van der Waals surface area contributed by atoms with Crippen molar-refractivity contribution in [2.75, 3.05) is 0 Å². The molecule has 0 saturated heterocycles. The molecule has 1 fully saturated rings. The number of rotatable bonds is 4. The van der Waals surface area contributed by atoms with Crippen LogP contribution >= 0.6 is 11.8 Å². The number of hydrogen-bond acceptors (Lipinski definition) is 6. The van der Waals surface area contributed by atoms with E-state index in [1.54, 1.807) is 10.6 Å². The van der Waals surface area contributed by atoms with Crippen molar-refractivity contribution in [3.63, 3.8) is 0 Å². The molecular formula is C22H17N5OS.